The second-order valence-electron chi connectivity index (χ2n) is 5.65. The number of carbonyl (C=O) groups is 2. The molecule has 0 radical (unpaired) electrons. The first kappa shape index (κ1) is 17.7. The van der Waals surface area contributed by atoms with Gasteiger partial charge in [0, 0.05) is 5.92 Å². The van der Waals surface area contributed by atoms with Crippen LogP contribution in [0.2, 0.25) is 0 Å². The van der Waals surface area contributed by atoms with Gasteiger partial charge in [0.15, 0.2) is 0 Å². The predicted molar refractivity (Wildman–Crippen MR) is 90.4 cm³/mol. The van der Waals surface area contributed by atoms with E-state index in [1.165, 1.54) is 7.11 Å². The molecule has 2 unspecified atom stereocenters. The van der Waals surface area contributed by atoms with Crippen LogP contribution >= 0.6 is 0 Å². The van der Waals surface area contributed by atoms with Crippen LogP contribution in [0.5, 0.6) is 0 Å². The molecule has 1 aromatic carbocycles. The lowest BCUT2D eigenvalue weighted by atomic mass is 9.77. The molecule has 128 valence electrons. The van der Waals surface area contributed by atoms with Crippen LogP contribution in [0.15, 0.2) is 40.5 Å². The monoisotopic (exact) mass is 330 g/mol. The summed E-state index contributed by atoms with van der Waals surface area (Å²) in [6.07, 6.45) is 0. The standard InChI is InChI=1S/C18H22N2O4/c1-5-24-18(22)15-14(12-8-6-10(2)7-9-12)13(17(21)23-4)11(3)20-16(15)19/h6-9,14-15H,5H2,1-4H3,(H2,19,20). The van der Waals surface area contributed by atoms with Crippen LogP contribution < -0.4 is 5.73 Å². The molecular weight excluding hydrogens is 308 g/mol. The molecule has 1 aliphatic heterocycles. The van der Waals surface area contributed by atoms with Gasteiger partial charge in [0.05, 0.1) is 25.0 Å². The Hall–Kier alpha value is -2.63. The Morgan fingerprint density at radius 3 is 2.38 bits per heavy atom. The van der Waals surface area contributed by atoms with Crippen molar-refractivity contribution in [3.8, 4) is 0 Å². The zero-order valence-electron chi connectivity index (χ0n) is 14.3. The van der Waals surface area contributed by atoms with E-state index in [0.717, 1.165) is 11.1 Å². The Kier molecular flexibility index (Phi) is 5.39. The number of hydrogen-bond donors (Lipinski definition) is 1. The number of carbonyl (C=O) groups excluding carboxylic acids is 2. The number of amidine groups is 1. The van der Waals surface area contributed by atoms with Crippen molar-refractivity contribution < 1.29 is 19.1 Å². The first-order valence-electron chi connectivity index (χ1n) is 7.77. The molecular formula is C18H22N2O4. The summed E-state index contributed by atoms with van der Waals surface area (Å²) >= 11 is 0. The van der Waals surface area contributed by atoms with E-state index in [2.05, 4.69) is 4.99 Å². The summed E-state index contributed by atoms with van der Waals surface area (Å²) in [7, 11) is 1.30. The van der Waals surface area contributed by atoms with Crippen molar-refractivity contribution in [1.82, 2.24) is 0 Å². The summed E-state index contributed by atoms with van der Waals surface area (Å²) in [4.78, 5) is 29.0. The third-order valence-corrected chi connectivity index (χ3v) is 4.03. The maximum absolute atomic E-state index is 12.5. The van der Waals surface area contributed by atoms with Gasteiger partial charge in [0.25, 0.3) is 0 Å². The number of benzene rings is 1. The SMILES string of the molecule is CCOC(=O)C1C(N)=NC(C)=C(C(=O)OC)C1c1ccc(C)cc1. The number of rotatable bonds is 4. The third kappa shape index (κ3) is 3.32. The number of esters is 2. The third-order valence-electron chi connectivity index (χ3n) is 4.03. The Morgan fingerprint density at radius 1 is 1.21 bits per heavy atom. The van der Waals surface area contributed by atoms with Gasteiger partial charge in [0.1, 0.15) is 11.8 Å². The molecule has 0 saturated heterocycles. The molecule has 0 aromatic heterocycles. The van der Waals surface area contributed by atoms with Crippen molar-refractivity contribution >= 4 is 17.8 Å². The summed E-state index contributed by atoms with van der Waals surface area (Å²) in [5.74, 6) is -2.33. The molecule has 6 heteroatoms. The zero-order chi connectivity index (χ0) is 17.9. The van der Waals surface area contributed by atoms with Crippen molar-refractivity contribution in [3.63, 3.8) is 0 Å². The maximum atomic E-state index is 12.5. The zero-order valence-corrected chi connectivity index (χ0v) is 14.3. The number of nitrogens with zero attached hydrogens (tertiary/aromatic N) is 1. The Bertz CT molecular complexity index is 704. The van der Waals surface area contributed by atoms with E-state index in [4.69, 9.17) is 15.2 Å². The molecule has 2 atom stereocenters. The minimum atomic E-state index is -0.856. The molecule has 2 N–H and O–H groups in total. The number of aryl methyl sites for hydroxylation is 1. The van der Waals surface area contributed by atoms with Crippen molar-refractivity contribution in [2.24, 2.45) is 16.6 Å². The van der Waals surface area contributed by atoms with E-state index in [0.29, 0.717) is 11.3 Å². The molecule has 0 saturated carbocycles. The van der Waals surface area contributed by atoms with E-state index < -0.39 is 23.8 Å². The fraction of sp³-hybridized carbons (Fsp3) is 0.389. The normalized spacial score (nSPS) is 20.4. The van der Waals surface area contributed by atoms with E-state index >= 15 is 0 Å². The predicted octanol–water partition coefficient (Wildman–Crippen LogP) is 2.08. The summed E-state index contributed by atoms with van der Waals surface area (Å²) < 4.78 is 10.0. The Morgan fingerprint density at radius 2 is 1.83 bits per heavy atom. The van der Waals surface area contributed by atoms with Crippen LogP contribution in [0.1, 0.15) is 30.9 Å². The van der Waals surface area contributed by atoms with Crippen molar-refractivity contribution in [1.29, 1.82) is 0 Å². The van der Waals surface area contributed by atoms with Crippen LogP contribution in [-0.4, -0.2) is 31.5 Å². The highest BCUT2D eigenvalue weighted by Crippen LogP contribution is 2.39. The minimum absolute atomic E-state index is 0.143. The lowest BCUT2D eigenvalue weighted by Crippen LogP contribution is -2.41. The second-order valence-corrected chi connectivity index (χ2v) is 5.65. The molecule has 0 bridgehead atoms. The van der Waals surface area contributed by atoms with Crippen molar-refractivity contribution in [3.05, 3.63) is 46.7 Å². The van der Waals surface area contributed by atoms with Crippen LogP contribution in [-0.2, 0) is 19.1 Å². The van der Waals surface area contributed by atoms with Gasteiger partial charge in [-0.3, -0.25) is 4.79 Å². The van der Waals surface area contributed by atoms with Crippen LogP contribution in [0.25, 0.3) is 0 Å². The van der Waals surface area contributed by atoms with Gasteiger partial charge >= 0.3 is 11.9 Å². The fourth-order valence-electron chi connectivity index (χ4n) is 2.89. The number of allylic oxidation sites excluding steroid dienone is 1. The van der Waals surface area contributed by atoms with E-state index in [9.17, 15) is 9.59 Å². The first-order chi connectivity index (χ1) is 11.4. The molecule has 1 heterocycles. The summed E-state index contributed by atoms with van der Waals surface area (Å²) in [5.41, 5.74) is 8.66. The molecule has 1 aromatic rings. The molecule has 2 rings (SSSR count). The highest BCUT2D eigenvalue weighted by molar-refractivity contribution is 6.06. The smallest absolute Gasteiger partial charge is 0.336 e. The van der Waals surface area contributed by atoms with Crippen LogP contribution in [0, 0.1) is 12.8 Å². The number of aliphatic imine (C=N–C) groups is 1. The van der Waals surface area contributed by atoms with Crippen molar-refractivity contribution in [2.75, 3.05) is 13.7 Å². The van der Waals surface area contributed by atoms with E-state index in [-0.39, 0.29) is 12.4 Å². The van der Waals surface area contributed by atoms with Gasteiger partial charge in [-0.15, -0.1) is 0 Å². The van der Waals surface area contributed by atoms with Crippen LogP contribution in [0.3, 0.4) is 0 Å². The average molecular weight is 330 g/mol. The molecule has 6 nitrogen and oxygen atoms in total. The number of ether oxygens (including phenoxy) is 2. The molecule has 1 aliphatic rings. The molecule has 24 heavy (non-hydrogen) atoms. The molecule has 0 aliphatic carbocycles. The Balaban J connectivity index is 2.62. The lowest BCUT2D eigenvalue weighted by molar-refractivity contribution is -0.146. The number of methoxy groups -OCH3 is 1. The average Bonchev–Trinajstić information content (AvgIpc) is 2.54. The summed E-state index contributed by atoms with van der Waals surface area (Å²) in [5, 5.41) is 0. The van der Waals surface area contributed by atoms with E-state index in [1.807, 2.05) is 31.2 Å². The van der Waals surface area contributed by atoms with Gasteiger partial charge in [-0.1, -0.05) is 29.8 Å². The van der Waals surface area contributed by atoms with Gasteiger partial charge in [-0.2, -0.15) is 0 Å². The van der Waals surface area contributed by atoms with Gasteiger partial charge in [0.2, 0.25) is 0 Å². The fourth-order valence-corrected chi connectivity index (χ4v) is 2.89. The minimum Gasteiger partial charge on any atom is -0.466 e. The van der Waals surface area contributed by atoms with Gasteiger partial charge in [-0.25, -0.2) is 9.79 Å². The van der Waals surface area contributed by atoms with Gasteiger partial charge in [-0.05, 0) is 26.3 Å². The second kappa shape index (κ2) is 7.29. The largest absolute Gasteiger partial charge is 0.466 e. The molecule has 0 amide bonds. The topological polar surface area (TPSA) is 91.0 Å². The lowest BCUT2D eigenvalue weighted by Gasteiger charge is -2.30. The number of nitrogens with two attached hydrogens (primary N) is 1. The first-order valence-corrected chi connectivity index (χ1v) is 7.77. The Labute approximate surface area is 141 Å². The maximum Gasteiger partial charge on any atom is 0.336 e. The summed E-state index contributed by atoms with van der Waals surface area (Å²) in [6.45, 7) is 5.59. The van der Waals surface area contributed by atoms with Crippen LogP contribution in [0.4, 0.5) is 0 Å². The summed E-state index contributed by atoms with van der Waals surface area (Å²) in [6, 6.07) is 7.59. The molecule has 0 spiro atoms. The number of hydrogen-bond acceptors (Lipinski definition) is 6. The van der Waals surface area contributed by atoms with Crippen molar-refractivity contribution in [2.45, 2.75) is 26.7 Å². The quantitative estimate of drug-likeness (QED) is 0.854. The highest BCUT2D eigenvalue weighted by atomic mass is 16.5. The molecule has 0 fully saturated rings. The van der Waals surface area contributed by atoms with E-state index in [1.54, 1.807) is 13.8 Å². The highest BCUT2D eigenvalue weighted by Gasteiger charge is 2.42. The van der Waals surface area contributed by atoms with Gasteiger partial charge < -0.3 is 15.2 Å².